The first-order valence-electron chi connectivity index (χ1n) is 20.2. The number of fused-ring (bicyclic) bond motifs is 7. The first kappa shape index (κ1) is 34.1. The van der Waals surface area contributed by atoms with Crippen LogP contribution >= 0.6 is 0 Å². The van der Waals surface area contributed by atoms with Crippen molar-refractivity contribution in [2.45, 2.75) is 24.7 Å². The highest BCUT2D eigenvalue weighted by atomic mass is 16.5. The van der Waals surface area contributed by atoms with Crippen LogP contribution in [-0.2, 0) is 10.8 Å². The van der Waals surface area contributed by atoms with Gasteiger partial charge in [0.05, 0.1) is 11.1 Å². The zero-order valence-corrected chi connectivity index (χ0v) is 32.6. The van der Waals surface area contributed by atoms with Crippen molar-refractivity contribution in [2.24, 2.45) is 0 Å². The molecule has 2 nitrogen and oxygen atoms in total. The molecule has 2 aliphatic rings. The average molecular weight is 744 g/mol. The normalized spacial score (nSPS) is 14.1. The van der Waals surface area contributed by atoms with Crippen molar-refractivity contribution >= 4 is 27.8 Å². The molecule has 0 amide bonds. The van der Waals surface area contributed by atoms with Gasteiger partial charge in [0.25, 0.3) is 0 Å². The van der Waals surface area contributed by atoms with E-state index in [0.29, 0.717) is 0 Å². The summed E-state index contributed by atoms with van der Waals surface area (Å²) in [6, 6.07) is 77.3. The molecule has 0 spiro atoms. The second kappa shape index (κ2) is 13.2. The minimum absolute atomic E-state index is 0.267. The number of nitrogens with zero attached hydrogens (tertiary/aromatic N) is 1. The van der Waals surface area contributed by atoms with Crippen molar-refractivity contribution in [1.29, 1.82) is 0 Å². The van der Waals surface area contributed by atoms with Gasteiger partial charge in [0.2, 0.25) is 0 Å². The fourth-order valence-electron chi connectivity index (χ4n) is 9.87. The molecule has 58 heavy (non-hydrogen) atoms. The third-order valence-corrected chi connectivity index (χ3v) is 12.6. The first-order chi connectivity index (χ1) is 28.5. The largest absolute Gasteiger partial charge is 0.456 e. The summed E-state index contributed by atoms with van der Waals surface area (Å²) in [7, 11) is 0. The third kappa shape index (κ3) is 5.05. The number of para-hydroxylation sites is 1. The number of ether oxygens (including phenoxy) is 1. The van der Waals surface area contributed by atoms with Gasteiger partial charge in [-0.25, -0.2) is 0 Å². The van der Waals surface area contributed by atoms with Gasteiger partial charge in [0.1, 0.15) is 11.5 Å². The summed E-state index contributed by atoms with van der Waals surface area (Å²) >= 11 is 0. The Labute approximate surface area is 340 Å². The van der Waals surface area contributed by atoms with Gasteiger partial charge in [-0.05, 0) is 80.7 Å². The van der Waals surface area contributed by atoms with Crippen molar-refractivity contribution in [3.63, 3.8) is 0 Å². The van der Waals surface area contributed by atoms with Gasteiger partial charge in [-0.15, -0.1) is 0 Å². The molecule has 0 aromatic heterocycles. The van der Waals surface area contributed by atoms with Gasteiger partial charge in [0, 0.05) is 38.9 Å². The maximum absolute atomic E-state index is 7.15. The van der Waals surface area contributed by atoms with E-state index in [0.717, 1.165) is 34.1 Å². The summed E-state index contributed by atoms with van der Waals surface area (Å²) in [6.07, 6.45) is 0. The minimum Gasteiger partial charge on any atom is -0.456 e. The molecular weight excluding hydrogens is 703 g/mol. The summed E-state index contributed by atoms with van der Waals surface area (Å²) in [4.78, 5) is 2.43. The Morgan fingerprint density at radius 1 is 0.431 bits per heavy atom. The molecular formula is C56H41NO. The molecule has 11 rings (SSSR count). The second-order valence-corrected chi connectivity index (χ2v) is 16.0. The SMILES string of the molecule is CC1(C)c2ccccc2Oc2c1ccc1c2-c2cc(N(c3ccc(-c4ccccc4)cc3)c3cccc4ccccc34)ccc2C1(c1ccccc1)c1ccccc1. The van der Waals surface area contributed by atoms with Crippen LogP contribution in [0.25, 0.3) is 33.0 Å². The topological polar surface area (TPSA) is 12.5 Å². The van der Waals surface area contributed by atoms with Gasteiger partial charge in [-0.2, -0.15) is 0 Å². The van der Waals surface area contributed by atoms with Crippen molar-refractivity contribution in [3.8, 4) is 33.8 Å². The van der Waals surface area contributed by atoms with E-state index in [1.165, 1.54) is 60.8 Å². The van der Waals surface area contributed by atoms with E-state index in [2.05, 4.69) is 231 Å². The maximum atomic E-state index is 7.15. The van der Waals surface area contributed by atoms with Crippen molar-refractivity contribution in [1.82, 2.24) is 0 Å². The van der Waals surface area contributed by atoms with Crippen molar-refractivity contribution < 1.29 is 4.74 Å². The molecule has 1 heterocycles. The molecule has 2 heteroatoms. The zero-order valence-electron chi connectivity index (χ0n) is 32.6. The molecule has 276 valence electrons. The van der Waals surface area contributed by atoms with Gasteiger partial charge in [-0.3, -0.25) is 0 Å². The fourth-order valence-corrected chi connectivity index (χ4v) is 9.87. The van der Waals surface area contributed by atoms with E-state index >= 15 is 0 Å². The van der Waals surface area contributed by atoms with Crippen LogP contribution in [0.3, 0.4) is 0 Å². The van der Waals surface area contributed by atoms with Crippen LogP contribution in [0.4, 0.5) is 17.1 Å². The van der Waals surface area contributed by atoms with E-state index in [4.69, 9.17) is 4.74 Å². The summed E-state index contributed by atoms with van der Waals surface area (Å²) < 4.78 is 7.15. The predicted octanol–water partition coefficient (Wildman–Crippen LogP) is 14.8. The highest BCUT2D eigenvalue weighted by Gasteiger charge is 2.49. The van der Waals surface area contributed by atoms with Crippen LogP contribution in [0.15, 0.2) is 212 Å². The van der Waals surface area contributed by atoms with E-state index in [1.807, 2.05) is 0 Å². The summed E-state index contributed by atoms with van der Waals surface area (Å²) in [5, 5.41) is 2.40. The Morgan fingerprint density at radius 2 is 1.00 bits per heavy atom. The number of anilines is 3. The summed E-state index contributed by atoms with van der Waals surface area (Å²) in [5.41, 5.74) is 14.5. The third-order valence-electron chi connectivity index (χ3n) is 12.6. The highest BCUT2D eigenvalue weighted by Crippen LogP contribution is 2.63. The molecule has 0 radical (unpaired) electrons. The van der Waals surface area contributed by atoms with Crippen molar-refractivity contribution in [2.75, 3.05) is 4.90 Å². The number of hydrogen-bond donors (Lipinski definition) is 0. The average Bonchev–Trinajstić information content (AvgIpc) is 3.59. The molecule has 1 aliphatic carbocycles. The van der Waals surface area contributed by atoms with E-state index in [-0.39, 0.29) is 5.41 Å². The molecule has 0 unspecified atom stereocenters. The molecule has 9 aromatic carbocycles. The standard InChI is InChI=1S/C56H41NO/c1-55(2)48-26-14-15-28-52(48)58-54-50(55)36-35-49-53(54)46-37-44(33-34-47(46)56(49,41-21-8-4-9-22-41)42-23-10-5-11-24-42)57(51-27-16-20-40-19-12-13-25-45(40)51)43-31-29-39(30-32-43)38-17-6-3-7-18-38/h3-37H,1-2H3. The highest BCUT2D eigenvalue weighted by molar-refractivity contribution is 6.00. The Bertz CT molecular complexity index is 2940. The van der Waals surface area contributed by atoms with Gasteiger partial charge < -0.3 is 9.64 Å². The second-order valence-electron chi connectivity index (χ2n) is 16.0. The Kier molecular flexibility index (Phi) is 7.78. The Hall–Kier alpha value is -7.16. The first-order valence-corrected chi connectivity index (χ1v) is 20.2. The zero-order chi connectivity index (χ0) is 38.8. The monoisotopic (exact) mass is 743 g/mol. The number of hydrogen-bond acceptors (Lipinski definition) is 2. The molecule has 0 saturated heterocycles. The Balaban J connectivity index is 1.21. The number of rotatable bonds is 6. The molecule has 9 aromatic rings. The minimum atomic E-state index is -0.577. The van der Waals surface area contributed by atoms with Crippen LogP contribution in [-0.4, -0.2) is 0 Å². The van der Waals surface area contributed by atoms with E-state index < -0.39 is 5.41 Å². The van der Waals surface area contributed by atoms with Crippen LogP contribution < -0.4 is 9.64 Å². The molecule has 0 saturated carbocycles. The lowest BCUT2D eigenvalue weighted by Crippen LogP contribution is -2.29. The van der Waals surface area contributed by atoms with E-state index in [1.54, 1.807) is 0 Å². The number of benzene rings is 9. The van der Waals surface area contributed by atoms with Gasteiger partial charge in [0.15, 0.2) is 0 Å². The van der Waals surface area contributed by atoms with Crippen LogP contribution in [0.1, 0.15) is 47.2 Å². The smallest absolute Gasteiger partial charge is 0.139 e. The van der Waals surface area contributed by atoms with Gasteiger partial charge >= 0.3 is 0 Å². The lowest BCUT2D eigenvalue weighted by atomic mass is 9.67. The fraction of sp³-hybridized carbons (Fsp3) is 0.0714. The molecule has 0 atom stereocenters. The lowest BCUT2D eigenvalue weighted by molar-refractivity contribution is 0.419. The molecule has 1 aliphatic heterocycles. The van der Waals surface area contributed by atoms with Gasteiger partial charge in [-0.1, -0.05) is 190 Å². The predicted molar refractivity (Wildman–Crippen MR) is 240 cm³/mol. The molecule has 0 N–H and O–H groups in total. The summed E-state index contributed by atoms with van der Waals surface area (Å²) in [6.45, 7) is 4.66. The van der Waals surface area contributed by atoms with Crippen LogP contribution in [0.5, 0.6) is 11.5 Å². The van der Waals surface area contributed by atoms with Crippen LogP contribution in [0, 0.1) is 0 Å². The Morgan fingerprint density at radius 3 is 1.74 bits per heavy atom. The van der Waals surface area contributed by atoms with Crippen LogP contribution in [0.2, 0.25) is 0 Å². The van der Waals surface area contributed by atoms with E-state index in [9.17, 15) is 0 Å². The molecule has 0 bridgehead atoms. The quantitative estimate of drug-likeness (QED) is 0.168. The summed E-state index contributed by atoms with van der Waals surface area (Å²) in [5.74, 6) is 1.86. The van der Waals surface area contributed by atoms with Crippen molar-refractivity contribution in [3.05, 3.63) is 246 Å². The maximum Gasteiger partial charge on any atom is 0.139 e. The molecule has 0 fully saturated rings. The lowest BCUT2D eigenvalue weighted by Gasteiger charge is -2.37.